The van der Waals surface area contributed by atoms with E-state index in [1.807, 2.05) is 24.3 Å². The maximum atomic E-state index is 5.36. The summed E-state index contributed by atoms with van der Waals surface area (Å²) in [4.78, 5) is 0. The zero-order valence-corrected chi connectivity index (χ0v) is 5.69. The zero-order chi connectivity index (χ0) is 7.26. The summed E-state index contributed by atoms with van der Waals surface area (Å²) in [7, 11) is 0. The van der Waals surface area contributed by atoms with E-state index in [0.717, 1.165) is 11.5 Å². The molecule has 0 amide bonds. The smallest absolute Gasteiger partial charge is 0.266 e. The predicted molar refractivity (Wildman–Crippen MR) is 36.4 cm³/mol. The largest absolute Gasteiger partial charge is 0.454 e. The Kier molecular flexibility index (Phi) is 0.830. The van der Waals surface area contributed by atoms with Crippen molar-refractivity contribution in [2.24, 2.45) is 0 Å². The molecule has 3 heteroatoms. The summed E-state index contributed by atoms with van der Waals surface area (Å²) in [5.41, 5.74) is 0. The Labute approximate surface area is 63.5 Å². The van der Waals surface area contributed by atoms with Crippen molar-refractivity contribution in [1.29, 1.82) is 0 Å². The molecular weight excluding hydrogens is 144 g/mol. The van der Waals surface area contributed by atoms with Gasteiger partial charge in [-0.15, -0.1) is 0 Å². The Balaban J connectivity index is 2.07. The van der Waals surface area contributed by atoms with Gasteiger partial charge in [-0.2, -0.15) is 0 Å². The van der Waals surface area contributed by atoms with Gasteiger partial charge in [0.1, 0.15) is 0 Å². The van der Waals surface area contributed by atoms with E-state index >= 15 is 0 Å². The van der Waals surface area contributed by atoms with Gasteiger partial charge in [-0.05, 0) is 12.1 Å². The molecule has 2 atom stereocenters. The van der Waals surface area contributed by atoms with Gasteiger partial charge in [0.2, 0.25) is 0 Å². The van der Waals surface area contributed by atoms with Crippen molar-refractivity contribution in [2.75, 3.05) is 0 Å². The molecule has 2 aliphatic rings. The van der Waals surface area contributed by atoms with E-state index in [4.69, 9.17) is 14.2 Å². The Hall–Kier alpha value is -1.22. The molecule has 11 heavy (non-hydrogen) atoms. The number of ether oxygens (including phenoxy) is 3. The minimum absolute atomic E-state index is 0.162. The second-order valence-corrected chi connectivity index (χ2v) is 2.56. The summed E-state index contributed by atoms with van der Waals surface area (Å²) >= 11 is 0. The fourth-order valence-electron chi connectivity index (χ4n) is 1.15. The van der Waals surface area contributed by atoms with E-state index in [1.165, 1.54) is 0 Å². The molecule has 3 rings (SSSR count). The molecular formula is C8H6O3. The number of hydrogen-bond acceptors (Lipinski definition) is 3. The molecule has 2 heterocycles. The number of hydrogen-bond donors (Lipinski definition) is 0. The van der Waals surface area contributed by atoms with Gasteiger partial charge in [0, 0.05) is 0 Å². The van der Waals surface area contributed by atoms with Gasteiger partial charge in [-0.1, -0.05) is 12.1 Å². The molecule has 0 spiro atoms. The van der Waals surface area contributed by atoms with Crippen LogP contribution in [0.25, 0.3) is 0 Å². The predicted octanol–water partition coefficient (Wildman–Crippen LogP) is 1.14. The van der Waals surface area contributed by atoms with Crippen LogP contribution >= 0.6 is 0 Å². The first-order chi connectivity index (χ1) is 5.43. The van der Waals surface area contributed by atoms with E-state index in [-0.39, 0.29) is 12.6 Å². The highest BCUT2D eigenvalue weighted by molar-refractivity contribution is 5.41. The minimum Gasteiger partial charge on any atom is -0.454 e. The third-order valence-corrected chi connectivity index (χ3v) is 1.75. The molecule has 0 bridgehead atoms. The average Bonchev–Trinajstić information content (AvgIpc) is 2.77. The van der Waals surface area contributed by atoms with Crippen molar-refractivity contribution in [3.8, 4) is 11.5 Å². The van der Waals surface area contributed by atoms with Crippen LogP contribution in [0.1, 0.15) is 0 Å². The van der Waals surface area contributed by atoms with Crippen LogP contribution in [0.3, 0.4) is 0 Å². The second kappa shape index (κ2) is 1.68. The van der Waals surface area contributed by atoms with E-state index in [9.17, 15) is 0 Å². The third kappa shape index (κ3) is 0.714. The van der Waals surface area contributed by atoms with Crippen molar-refractivity contribution < 1.29 is 14.2 Å². The van der Waals surface area contributed by atoms with Crippen LogP contribution in [0.15, 0.2) is 24.3 Å². The fraction of sp³-hybridized carbons (Fsp3) is 0.250. The fourth-order valence-corrected chi connectivity index (χ4v) is 1.15. The summed E-state index contributed by atoms with van der Waals surface area (Å²) in [6.45, 7) is 0. The Bertz CT molecular complexity index is 268. The Morgan fingerprint density at radius 3 is 2.00 bits per heavy atom. The van der Waals surface area contributed by atoms with Crippen LogP contribution in [-0.2, 0) is 4.74 Å². The normalized spacial score (nSPS) is 30.9. The van der Waals surface area contributed by atoms with Crippen LogP contribution in [0.4, 0.5) is 0 Å². The number of rotatable bonds is 0. The van der Waals surface area contributed by atoms with E-state index in [1.54, 1.807) is 0 Å². The molecule has 2 aliphatic heterocycles. The van der Waals surface area contributed by atoms with Gasteiger partial charge >= 0.3 is 0 Å². The maximum Gasteiger partial charge on any atom is 0.266 e. The first-order valence-electron chi connectivity index (χ1n) is 3.51. The highest BCUT2D eigenvalue weighted by Gasteiger charge is 2.48. The Morgan fingerprint density at radius 1 is 0.909 bits per heavy atom. The second-order valence-electron chi connectivity index (χ2n) is 2.56. The standard InChI is InChI=1S/C8H6O3/c1-2-4-6-5(3-1)9-7-8(10-6)11-7/h1-4,7-8H. The number of fused-ring (bicyclic) bond motifs is 2. The molecule has 1 saturated heterocycles. The molecule has 56 valence electrons. The molecule has 3 nitrogen and oxygen atoms in total. The molecule has 1 fully saturated rings. The number of epoxide rings is 1. The summed E-state index contributed by atoms with van der Waals surface area (Å²) < 4.78 is 15.7. The first kappa shape index (κ1) is 5.43. The molecule has 0 saturated carbocycles. The minimum atomic E-state index is -0.162. The van der Waals surface area contributed by atoms with Crippen LogP contribution in [0.5, 0.6) is 11.5 Å². The lowest BCUT2D eigenvalue weighted by atomic mass is 10.3. The summed E-state index contributed by atoms with van der Waals surface area (Å²) in [6, 6.07) is 7.55. The van der Waals surface area contributed by atoms with Crippen molar-refractivity contribution in [3.63, 3.8) is 0 Å². The van der Waals surface area contributed by atoms with Crippen LogP contribution in [0, 0.1) is 0 Å². The third-order valence-electron chi connectivity index (χ3n) is 1.75. The summed E-state index contributed by atoms with van der Waals surface area (Å²) in [5, 5.41) is 0. The highest BCUT2D eigenvalue weighted by atomic mass is 16.9. The quantitative estimate of drug-likeness (QED) is 0.519. The van der Waals surface area contributed by atoms with Gasteiger partial charge in [0.25, 0.3) is 12.6 Å². The average molecular weight is 150 g/mol. The van der Waals surface area contributed by atoms with E-state index < -0.39 is 0 Å². The van der Waals surface area contributed by atoms with Gasteiger partial charge in [0.05, 0.1) is 0 Å². The van der Waals surface area contributed by atoms with Gasteiger partial charge in [0.15, 0.2) is 11.5 Å². The van der Waals surface area contributed by atoms with Crippen LogP contribution in [0.2, 0.25) is 0 Å². The zero-order valence-electron chi connectivity index (χ0n) is 5.69. The highest BCUT2D eigenvalue weighted by Crippen LogP contribution is 2.40. The maximum absolute atomic E-state index is 5.36. The lowest BCUT2D eigenvalue weighted by molar-refractivity contribution is 0.166. The van der Waals surface area contributed by atoms with Crippen LogP contribution in [-0.4, -0.2) is 12.6 Å². The number of para-hydroxylation sites is 2. The first-order valence-corrected chi connectivity index (χ1v) is 3.51. The molecule has 1 aromatic carbocycles. The van der Waals surface area contributed by atoms with Crippen molar-refractivity contribution in [2.45, 2.75) is 12.6 Å². The molecule has 1 aromatic rings. The summed E-state index contributed by atoms with van der Waals surface area (Å²) in [5.74, 6) is 1.54. The van der Waals surface area contributed by atoms with Crippen molar-refractivity contribution >= 4 is 0 Å². The monoisotopic (exact) mass is 150 g/mol. The van der Waals surface area contributed by atoms with Crippen LogP contribution < -0.4 is 9.47 Å². The van der Waals surface area contributed by atoms with Gasteiger partial charge < -0.3 is 9.47 Å². The topological polar surface area (TPSA) is 31.0 Å². The molecule has 0 aromatic heterocycles. The van der Waals surface area contributed by atoms with Gasteiger partial charge in [-0.25, -0.2) is 0 Å². The Morgan fingerprint density at radius 2 is 1.45 bits per heavy atom. The lowest BCUT2D eigenvalue weighted by Crippen LogP contribution is -2.14. The number of benzene rings is 1. The SMILES string of the molecule is c1ccc2c(c1)OC1OC1O2. The van der Waals surface area contributed by atoms with E-state index in [2.05, 4.69) is 0 Å². The van der Waals surface area contributed by atoms with Crippen molar-refractivity contribution in [3.05, 3.63) is 24.3 Å². The summed E-state index contributed by atoms with van der Waals surface area (Å²) in [6.07, 6.45) is -0.324. The molecule has 0 radical (unpaired) electrons. The molecule has 0 aliphatic carbocycles. The van der Waals surface area contributed by atoms with E-state index in [0.29, 0.717) is 0 Å². The van der Waals surface area contributed by atoms with Crippen molar-refractivity contribution in [1.82, 2.24) is 0 Å². The van der Waals surface area contributed by atoms with Gasteiger partial charge in [-0.3, -0.25) is 4.74 Å². The molecule has 0 N–H and O–H groups in total. The molecule has 2 unspecified atom stereocenters. The lowest BCUT2D eigenvalue weighted by Gasteiger charge is -2.12.